The third kappa shape index (κ3) is 4.69. The molecule has 2 heterocycles. The second-order valence-electron chi connectivity index (χ2n) is 7.87. The third-order valence-electron chi connectivity index (χ3n) is 5.64. The van der Waals surface area contributed by atoms with Gasteiger partial charge in [0.15, 0.2) is 5.16 Å². The molecule has 170 valence electrons. The summed E-state index contributed by atoms with van der Waals surface area (Å²) in [7, 11) is -3.55. The van der Waals surface area contributed by atoms with E-state index in [1.165, 1.54) is 16.1 Å². The Hall–Kier alpha value is -2.36. The van der Waals surface area contributed by atoms with Gasteiger partial charge in [-0.1, -0.05) is 36.4 Å². The van der Waals surface area contributed by atoms with Gasteiger partial charge in [0.25, 0.3) is 0 Å². The Bertz CT molecular complexity index is 1220. The Morgan fingerprint density at radius 2 is 1.88 bits per heavy atom. The molecule has 0 aliphatic carbocycles. The van der Waals surface area contributed by atoms with Gasteiger partial charge in [0.1, 0.15) is 0 Å². The fraction of sp³-hybridized carbons (Fsp3) is 0.391. The summed E-state index contributed by atoms with van der Waals surface area (Å²) >= 11 is 1.39. The van der Waals surface area contributed by atoms with Gasteiger partial charge in [-0.2, -0.15) is 4.31 Å². The van der Waals surface area contributed by atoms with E-state index in [4.69, 9.17) is 0 Å². The van der Waals surface area contributed by atoms with Crippen molar-refractivity contribution in [2.45, 2.75) is 55.0 Å². The molecule has 0 bridgehead atoms. The van der Waals surface area contributed by atoms with Crippen molar-refractivity contribution in [2.24, 2.45) is 0 Å². The first-order valence-electron chi connectivity index (χ1n) is 10.9. The van der Waals surface area contributed by atoms with Crippen molar-refractivity contribution in [3.8, 4) is 0 Å². The molecule has 1 aromatic heterocycles. The highest BCUT2D eigenvalue weighted by atomic mass is 32.2. The molecular weight excluding hydrogens is 444 g/mol. The van der Waals surface area contributed by atoms with Gasteiger partial charge in [0.05, 0.1) is 21.2 Å². The van der Waals surface area contributed by atoms with E-state index in [1.807, 2.05) is 31.2 Å². The van der Waals surface area contributed by atoms with E-state index >= 15 is 0 Å². The predicted molar refractivity (Wildman–Crippen MR) is 128 cm³/mol. The Balaban J connectivity index is 1.48. The van der Waals surface area contributed by atoms with E-state index in [9.17, 15) is 13.2 Å². The molecule has 3 aromatic rings. The summed E-state index contributed by atoms with van der Waals surface area (Å²) in [4.78, 5) is 17.8. The zero-order valence-electron chi connectivity index (χ0n) is 18.3. The average molecular weight is 473 g/mol. The molecule has 4 rings (SSSR count). The summed E-state index contributed by atoms with van der Waals surface area (Å²) in [5, 5.41) is 3.26. The van der Waals surface area contributed by atoms with Crippen LogP contribution in [0.1, 0.15) is 33.1 Å². The van der Waals surface area contributed by atoms with Gasteiger partial charge in [-0.05, 0) is 57.0 Å². The molecule has 1 aliphatic heterocycles. The fourth-order valence-electron chi connectivity index (χ4n) is 3.89. The van der Waals surface area contributed by atoms with Crippen LogP contribution >= 0.6 is 11.8 Å². The second kappa shape index (κ2) is 9.64. The first-order chi connectivity index (χ1) is 15.4. The minimum atomic E-state index is -3.55. The molecule has 1 amide bonds. The number of benzene rings is 2. The van der Waals surface area contributed by atoms with Crippen molar-refractivity contribution >= 4 is 44.4 Å². The maximum Gasteiger partial charge on any atom is 0.243 e. The van der Waals surface area contributed by atoms with Crippen molar-refractivity contribution in [2.75, 3.05) is 18.4 Å². The summed E-state index contributed by atoms with van der Waals surface area (Å²) < 4.78 is 29.5. The minimum Gasteiger partial charge on any atom is -0.325 e. The summed E-state index contributed by atoms with van der Waals surface area (Å²) in [5.74, 6) is -0.197. The first kappa shape index (κ1) is 22.8. The van der Waals surface area contributed by atoms with Crippen LogP contribution < -0.4 is 5.32 Å². The van der Waals surface area contributed by atoms with Crippen LogP contribution in [0.4, 0.5) is 5.69 Å². The maximum atomic E-state index is 13.0. The van der Waals surface area contributed by atoms with Gasteiger partial charge < -0.3 is 9.88 Å². The summed E-state index contributed by atoms with van der Waals surface area (Å²) in [6.45, 7) is 5.73. The molecule has 1 fully saturated rings. The Morgan fingerprint density at radius 1 is 1.12 bits per heavy atom. The van der Waals surface area contributed by atoms with Gasteiger partial charge in [-0.25, -0.2) is 13.4 Å². The topological polar surface area (TPSA) is 84.3 Å². The maximum absolute atomic E-state index is 13.0. The zero-order valence-corrected chi connectivity index (χ0v) is 20.0. The quantitative estimate of drug-likeness (QED) is 0.517. The van der Waals surface area contributed by atoms with Crippen molar-refractivity contribution < 1.29 is 13.2 Å². The molecule has 1 atom stereocenters. The fourth-order valence-corrected chi connectivity index (χ4v) is 6.44. The number of imidazole rings is 1. The lowest BCUT2D eigenvalue weighted by Gasteiger charge is -2.26. The third-order valence-corrected chi connectivity index (χ3v) is 8.63. The van der Waals surface area contributed by atoms with Crippen molar-refractivity contribution in [1.29, 1.82) is 0 Å². The van der Waals surface area contributed by atoms with E-state index in [1.54, 1.807) is 24.3 Å². The minimum absolute atomic E-state index is 0.197. The molecule has 2 aromatic carbocycles. The molecule has 9 heteroatoms. The highest BCUT2D eigenvalue weighted by Gasteiger charge is 2.26. The monoisotopic (exact) mass is 472 g/mol. The Labute approximate surface area is 193 Å². The van der Waals surface area contributed by atoms with Crippen LogP contribution in [0, 0.1) is 0 Å². The number of aromatic nitrogens is 2. The van der Waals surface area contributed by atoms with Crippen LogP contribution in [0.15, 0.2) is 58.6 Å². The van der Waals surface area contributed by atoms with Gasteiger partial charge >= 0.3 is 0 Å². The van der Waals surface area contributed by atoms with E-state index in [0.29, 0.717) is 18.8 Å². The highest BCUT2D eigenvalue weighted by Crippen LogP contribution is 2.28. The number of nitrogens with one attached hydrogen (secondary N) is 1. The second-order valence-corrected chi connectivity index (χ2v) is 11.1. The molecule has 1 aliphatic rings. The van der Waals surface area contributed by atoms with Crippen molar-refractivity contribution in [1.82, 2.24) is 13.9 Å². The number of rotatable bonds is 7. The number of fused-ring (bicyclic) bond motifs is 1. The Kier molecular flexibility index (Phi) is 6.88. The normalized spacial score (nSPS) is 16.2. The zero-order chi connectivity index (χ0) is 22.7. The number of piperidine rings is 1. The van der Waals surface area contributed by atoms with Crippen LogP contribution in [-0.4, -0.2) is 46.5 Å². The molecule has 7 nitrogen and oxygen atoms in total. The molecular formula is C23H28N4O3S2. The number of anilines is 1. The van der Waals surface area contributed by atoms with E-state index in [-0.39, 0.29) is 10.8 Å². The van der Waals surface area contributed by atoms with Crippen molar-refractivity contribution in [3.05, 3.63) is 48.5 Å². The number of carbonyl (C=O) groups excluding carboxylic acids is 1. The van der Waals surface area contributed by atoms with Crippen LogP contribution in [0.2, 0.25) is 0 Å². The smallest absolute Gasteiger partial charge is 0.243 e. The standard InChI is InChI=1S/C23H28N4O3S2/c1-3-27-21-13-6-5-12-20(21)25-23(27)31-17(2)22(28)24-18-10-9-11-19(16-18)32(29,30)26-14-7-4-8-15-26/h5-6,9-13,16-17H,3-4,7-8,14-15H2,1-2H3,(H,24,28)/t17-/m1/s1. The number of thioether (sulfide) groups is 1. The lowest BCUT2D eigenvalue weighted by molar-refractivity contribution is -0.115. The molecule has 1 saturated heterocycles. The van der Waals surface area contributed by atoms with Crippen LogP contribution in [0.5, 0.6) is 0 Å². The number of carbonyl (C=O) groups is 1. The lowest BCUT2D eigenvalue weighted by Crippen LogP contribution is -2.35. The van der Waals surface area contributed by atoms with Gasteiger partial charge in [0.2, 0.25) is 15.9 Å². The number of para-hydroxylation sites is 2. The number of hydrogen-bond acceptors (Lipinski definition) is 5. The van der Waals surface area contributed by atoms with Gasteiger partial charge in [-0.15, -0.1) is 0 Å². The predicted octanol–water partition coefficient (Wildman–Crippen LogP) is 4.35. The van der Waals surface area contributed by atoms with Crippen LogP contribution in [0.3, 0.4) is 0 Å². The van der Waals surface area contributed by atoms with Crippen LogP contribution in [-0.2, 0) is 21.4 Å². The number of amides is 1. The number of hydrogen-bond donors (Lipinski definition) is 1. The van der Waals surface area contributed by atoms with Gasteiger partial charge in [0, 0.05) is 25.3 Å². The molecule has 1 N–H and O–H groups in total. The number of sulfonamides is 1. The largest absolute Gasteiger partial charge is 0.325 e. The number of aryl methyl sites for hydroxylation is 1. The van der Waals surface area contributed by atoms with Crippen LogP contribution in [0.25, 0.3) is 11.0 Å². The van der Waals surface area contributed by atoms with E-state index in [0.717, 1.165) is 42.0 Å². The first-order valence-corrected chi connectivity index (χ1v) is 13.2. The summed E-state index contributed by atoms with van der Waals surface area (Å²) in [5.41, 5.74) is 2.42. The Morgan fingerprint density at radius 3 is 2.62 bits per heavy atom. The molecule has 0 radical (unpaired) electrons. The molecule has 0 unspecified atom stereocenters. The lowest BCUT2D eigenvalue weighted by atomic mass is 10.2. The summed E-state index contributed by atoms with van der Waals surface area (Å²) in [6, 6.07) is 14.4. The van der Waals surface area contributed by atoms with E-state index < -0.39 is 15.3 Å². The molecule has 0 saturated carbocycles. The summed E-state index contributed by atoms with van der Waals surface area (Å²) in [6.07, 6.45) is 2.82. The average Bonchev–Trinajstić information content (AvgIpc) is 3.16. The molecule has 0 spiro atoms. The van der Waals surface area contributed by atoms with E-state index in [2.05, 4.69) is 21.8 Å². The number of nitrogens with zero attached hydrogens (tertiary/aromatic N) is 3. The highest BCUT2D eigenvalue weighted by molar-refractivity contribution is 8.00. The van der Waals surface area contributed by atoms with Gasteiger partial charge in [-0.3, -0.25) is 4.79 Å². The molecule has 32 heavy (non-hydrogen) atoms. The van der Waals surface area contributed by atoms with Crippen molar-refractivity contribution in [3.63, 3.8) is 0 Å². The SMILES string of the molecule is CCn1c(S[C@H](C)C(=O)Nc2cccc(S(=O)(=O)N3CCCCC3)c2)nc2ccccc21.